The van der Waals surface area contributed by atoms with Crippen LogP contribution in [0.4, 0.5) is 11.4 Å². The number of ether oxygens (including phenoxy) is 1. The lowest BCUT2D eigenvalue weighted by Crippen LogP contribution is -2.45. The number of carbonyl (C=O) groups is 1. The van der Waals surface area contributed by atoms with Gasteiger partial charge in [-0.15, -0.1) is 0 Å². The van der Waals surface area contributed by atoms with Crippen molar-refractivity contribution in [2.24, 2.45) is 0 Å². The Morgan fingerprint density at radius 2 is 1.73 bits per heavy atom. The molecule has 0 N–H and O–H groups in total. The first kappa shape index (κ1) is 23.1. The van der Waals surface area contributed by atoms with Crippen LogP contribution in [0, 0.1) is 0 Å². The molecule has 0 bridgehead atoms. The van der Waals surface area contributed by atoms with E-state index in [1.54, 1.807) is 29.2 Å². The molecule has 1 atom stereocenters. The standard InChI is InChI=1S/C25H25ClN2O4S/c1-3-32-22-12-10-21(11-13-22)27(33(30,31)23-14-8-20(26)9-15-23)17-25(29)28-18(2)16-19-6-4-5-7-24(19)28/h4-15,18H,3,16-17H2,1-2H3/t18-/m0/s1. The van der Waals surface area contributed by atoms with Gasteiger partial charge < -0.3 is 9.64 Å². The van der Waals surface area contributed by atoms with Gasteiger partial charge in [0, 0.05) is 16.8 Å². The average molecular weight is 485 g/mol. The first-order valence-corrected chi connectivity index (χ1v) is 12.5. The Labute approximate surface area is 199 Å². The number of sulfonamides is 1. The summed E-state index contributed by atoms with van der Waals surface area (Å²) in [6, 6.07) is 20.3. The highest BCUT2D eigenvalue weighted by atomic mass is 35.5. The number of hydrogen-bond donors (Lipinski definition) is 0. The summed E-state index contributed by atoms with van der Waals surface area (Å²) in [6.07, 6.45) is 0.731. The minimum atomic E-state index is -4.03. The predicted octanol–water partition coefficient (Wildman–Crippen LogP) is 4.91. The molecular formula is C25H25ClN2O4S. The molecule has 0 aliphatic carbocycles. The predicted molar refractivity (Wildman–Crippen MR) is 131 cm³/mol. The van der Waals surface area contributed by atoms with Crippen LogP contribution in [-0.2, 0) is 21.2 Å². The first-order chi connectivity index (χ1) is 15.8. The van der Waals surface area contributed by atoms with Gasteiger partial charge in [0.2, 0.25) is 5.91 Å². The van der Waals surface area contributed by atoms with Crippen molar-refractivity contribution in [1.29, 1.82) is 0 Å². The number of nitrogens with zero attached hydrogens (tertiary/aromatic N) is 2. The third-order valence-electron chi connectivity index (χ3n) is 5.59. The molecule has 8 heteroatoms. The van der Waals surface area contributed by atoms with Gasteiger partial charge >= 0.3 is 0 Å². The monoisotopic (exact) mass is 484 g/mol. The van der Waals surface area contributed by atoms with Crippen molar-refractivity contribution >= 4 is 38.9 Å². The van der Waals surface area contributed by atoms with Crippen LogP contribution in [-0.4, -0.2) is 33.5 Å². The molecule has 4 rings (SSSR count). The summed E-state index contributed by atoms with van der Waals surface area (Å²) < 4.78 is 33.8. The SMILES string of the molecule is CCOc1ccc(N(CC(=O)N2c3ccccc3C[C@@H]2C)S(=O)(=O)c2ccc(Cl)cc2)cc1. The van der Waals surface area contributed by atoms with Gasteiger partial charge in [-0.1, -0.05) is 29.8 Å². The lowest BCUT2D eigenvalue weighted by molar-refractivity contribution is -0.117. The molecule has 0 saturated heterocycles. The van der Waals surface area contributed by atoms with Crippen LogP contribution in [0.3, 0.4) is 0 Å². The second-order valence-corrected chi connectivity index (χ2v) is 10.1. The van der Waals surface area contributed by atoms with Crippen LogP contribution in [0.25, 0.3) is 0 Å². The maximum atomic E-state index is 13.6. The summed E-state index contributed by atoms with van der Waals surface area (Å²) in [4.78, 5) is 15.2. The van der Waals surface area contributed by atoms with E-state index in [2.05, 4.69) is 0 Å². The molecule has 6 nitrogen and oxygen atoms in total. The topological polar surface area (TPSA) is 66.9 Å². The van der Waals surface area contributed by atoms with Crippen molar-refractivity contribution in [3.05, 3.63) is 83.4 Å². The zero-order chi connectivity index (χ0) is 23.6. The summed E-state index contributed by atoms with van der Waals surface area (Å²) in [5.74, 6) is 0.331. The number of amides is 1. The van der Waals surface area contributed by atoms with Crippen LogP contribution in [0.5, 0.6) is 5.75 Å². The fourth-order valence-electron chi connectivity index (χ4n) is 4.07. The van der Waals surface area contributed by atoms with E-state index in [-0.39, 0.29) is 23.4 Å². The third kappa shape index (κ3) is 4.70. The number of para-hydroxylation sites is 1. The van der Waals surface area contributed by atoms with E-state index in [9.17, 15) is 13.2 Å². The van der Waals surface area contributed by atoms with E-state index in [0.717, 1.165) is 22.0 Å². The van der Waals surface area contributed by atoms with Crippen LogP contribution < -0.4 is 13.9 Å². The van der Waals surface area contributed by atoms with Crippen molar-refractivity contribution < 1.29 is 17.9 Å². The summed E-state index contributed by atoms with van der Waals surface area (Å²) in [5.41, 5.74) is 2.28. The summed E-state index contributed by atoms with van der Waals surface area (Å²) >= 11 is 5.96. The maximum absolute atomic E-state index is 13.6. The van der Waals surface area contributed by atoms with Gasteiger partial charge in [0.1, 0.15) is 12.3 Å². The Morgan fingerprint density at radius 3 is 2.39 bits per heavy atom. The summed E-state index contributed by atoms with van der Waals surface area (Å²) in [6.45, 7) is 4.00. The van der Waals surface area contributed by atoms with E-state index in [4.69, 9.17) is 16.3 Å². The second kappa shape index (κ2) is 9.45. The molecule has 0 unspecified atom stereocenters. The van der Waals surface area contributed by atoms with Crippen molar-refractivity contribution in [2.45, 2.75) is 31.2 Å². The molecule has 33 heavy (non-hydrogen) atoms. The number of fused-ring (bicyclic) bond motifs is 1. The van der Waals surface area contributed by atoms with Crippen LogP contribution in [0.15, 0.2) is 77.7 Å². The minimum absolute atomic E-state index is 0.0588. The molecule has 1 amide bonds. The highest BCUT2D eigenvalue weighted by Crippen LogP contribution is 2.33. The van der Waals surface area contributed by atoms with Crippen molar-refractivity contribution in [3.63, 3.8) is 0 Å². The molecule has 0 spiro atoms. The largest absolute Gasteiger partial charge is 0.494 e. The molecule has 0 fully saturated rings. The quantitative estimate of drug-likeness (QED) is 0.477. The van der Waals surface area contributed by atoms with Gasteiger partial charge in [0.15, 0.2) is 0 Å². The Morgan fingerprint density at radius 1 is 1.06 bits per heavy atom. The molecular weight excluding hydrogens is 460 g/mol. The van der Waals surface area contributed by atoms with Crippen LogP contribution in [0.1, 0.15) is 19.4 Å². The van der Waals surface area contributed by atoms with Crippen molar-refractivity contribution in [1.82, 2.24) is 0 Å². The normalized spacial score (nSPS) is 15.2. The molecule has 0 aromatic heterocycles. The Bertz CT molecular complexity index is 1240. The first-order valence-electron chi connectivity index (χ1n) is 10.7. The van der Waals surface area contributed by atoms with Gasteiger partial charge in [0.25, 0.3) is 10.0 Å². The van der Waals surface area contributed by atoms with E-state index in [1.807, 2.05) is 38.1 Å². The molecule has 0 radical (unpaired) electrons. The van der Waals surface area contributed by atoms with Gasteiger partial charge in [-0.2, -0.15) is 0 Å². The Balaban J connectivity index is 1.71. The van der Waals surface area contributed by atoms with E-state index < -0.39 is 10.0 Å². The Hall–Kier alpha value is -3.03. The molecule has 1 heterocycles. The average Bonchev–Trinajstić information content (AvgIpc) is 3.14. The number of hydrogen-bond acceptors (Lipinski definition) is 4. The van der Waals surface area contributed by atoms with Crippen LogP contribution in [0.2, 0.25) is 5.02 Å². The van der Waals surface area contributed by atoms with Gasteiger partial charge in [0.05, 0.1) is 17.2 Å². The number of benzene rings is 3. The molecule has 3 aromatic rings. The highest BCUT2D eigenvalue weighted by molar-refractivity contribution is 7.92. The number of carbonyl (C=O) groups excluding carboxylic acids is 1. The van der Waals surface area contributed by atoms with E-state index in [0.29, 0.717) is 23.1 Å². The zero-order valence-corrected chi connectivity index (χ0v) is 20.0. The second-order valence-electron chi connectivity index (χ2n) is 7.84. The maximum Gasteiger partial charge on any atom is 0.264 e. The fraction of sp³-hybridized carbons (Fsp3) is 0.240. The van der Waals surface area contributed by atoms with Gasteiger partial charge in [-0.25, -0.2) is 8.42 Å². The Kier molecular flexibility index (Phi) is 6.63. The van der Waals surface area contributed by atoms with Crippen LogP contribution >= 0.6 is 11.6 Å². The van der Waals surface area contributed by atoms with E-state index >= 15 is 0 Å². The van der Waals surface area contributed by atoms with Gasteiger partial charge in [-0.3, -0.25) is 9.10 Å². The molecule has 172 valence electrons. The lowest BCUT2D eigenvalue weighted by atomic mass is 10.1. The molecule has 1 aliphatic rings. The lowest BCUT2D eigenvalue weighted by Gasteiger charge is -2.29. The number of rotatable bonds is 7. The highest BCUT2D eigenvalue weighted by Gasteiger charge is 2.34. The van der Waals surface area contributed by atoms with Crippen molar-refractivity contribution in [3.8, 4) is 5.75 Å². The molecule has 0 saturated carbocycles. The fourth-order valence-corrected chi connectivity index (χ4v) is 5.61. The molecule has 1 aliphatic heterocycles. The summed E-state index contributed by atoms with van der Waals surface area (Å²) in [7, 11) is -4.03. The number of halogens is 1. The minimum Gasteiger partial charge on any atom is -0.494 e. The summed E-state index contributed by atoms with van der Waals surface area (Å²) in [5, 5.41) is 0.431. The van der Waals surface area contributed by atoms with E-state index in [1.165, 1.54) is 24.3 Å². The molecule has 3 aromatic carbocycles. The number of anilines is 2. The van der Waals surface area contributed by atoms with Crippen molar-refractivity contribution in [2.75, 3.05) is 22.4 Å². The zero-order valence-electron chi connectivity index (χ0n) is 18.4. The third-order valence-corrected chi connectivity index (χ3v) is 7.63. The smallest absolute Gasteiger partial charge is 0.264 e. The van der Waals surface area contributed by atoms with Gasteiger partial charge in [-0.05, 0) is 80.4 Å².